The highest BCUT2D eigenvalue weighted by atomic mass is 16.5. The number of urea groups is 2. The maximum absolute atomic E-state index is 10.8. The molecule has 7 nitrogen and oxygen atoms in total. The van der Waals surface area contributed by atoms with Gasteiger partial charge in [-0.2, -0.15) is 0 Å². The van der Waals surface area contributed by atoms with Crippen LogP contribution >= 0.6 is 0 Å². The fourth-order valence-corrected chi connectivity index (χ4v) is 0.651. The molecule has 1 aliphatic rings. The van der Waals surface area contributed by atoms with Gasteiger partial charge in [0.2, 0.25) is 0 Å². The summed E-state index contributed by atoms with van der Waals surface area (Å²) >= 11 is 0. The lowest BCUT2D eigenvalue weighted by molar-refractivity contribution is 0.0842. The van der Waals surface area contributed by atoms with Crippen molar-refractivity contribution in [3.8, 4) is 0 Å². The van der Waals surface area contributed by atoms with Gasteiger partial charge in [0.1, 0.15) is 0 Å². The molecule has 0 saturated carbocycles. The normalized spacial score (nSPS) is 15.8. The van der Waals surface area contributed by atoms with E-state index in [9.17, 15) is 14.4 Å². The second-order valence-corrected chi connectivity index (χ2v) is 2.06. The van der Waals surface area contributed by atoms with Gasteiger partial charge in [0.25, 0.3) is 0 Å². The van der Waals surface area contributed by atoms with Crippen molar-refractivity contribution in [1.82, 2.24) is 15.3 Å². The minimum Gasteiger partial charge on any atom is -0.452 e. The summed E-state index contributed by atoms with van der Waals surface area (Å²) in [5, 5.41) is 0.561. The molecule has 5 amide bonds. The lowest BCUT2D eigenvalue weighted by Gasteiger charge is -2.35. The number of carbonyl (C=O) groups is 3. The van der Waals surface area contributed by atoms with Crippen LogP contribution in [0.15, 0.2) is 0 Å². The SMILES string of the molecule is COC(=O)NN1C(=O)N(C)C1=O. The van der Waals surface area contributed by atoms with Crippen molar-refractivity contribution in [2.24, 2.45) is 0 Å². The van der Waals surface area contributed by atoms with Gasteiger partial charge in [0.15, 0.2) is 0 Å². The van der Waals surface area contributed by atoms with Gasteiger partial charge in [-0.25, -0.2) is 24.7 Å². The molecule has 0 radical (unpaired) electrons. The van der Waals surface area contributed by atoms with Crippen LogP contribution in [0.5, 0.6) is 0 Å². The highest BCUT2D eigenvalue weighted by Gasteiger charge is 2.42. The Hall–Kier alpha value is -1.79. The van der Waals surface area contributed by atoms with Crippen LogP contribution in [0.2, 0.25) is 0 Å². The minimum atomic E-state index is -0.857. The molecule has 0 bridgehead atoms. The maximum Gasteiger partial charge on any atom is 0.426 e. The maximum atomic E-state index is 10.8. The van der Waals surface area contributed by atoms with Crippen LogP contribution in [0.3, 0.4) is 0 Å². The monoisotopic (exact) mass is 173 g/mol. The Labute approximate surface area is 67.8 Å². The molecule has 1 rings (SSSR count). The molecule has 1 fully saturated rings. The first-order valence-electron chi connectivity index (χ1n) is 3.04. The Bertz CT molecular complexity index is 235. The van der Waals surface area contributed by atoms with Gasteiger partial charge >= 0.3 is 18.2 Å². The Kier molecular flexibility index (Phi) is 1.86. The largest absolute Gasteiger partial charge is 0.452 e. The third-order valence-corrected chi connectivity index (χ3v) is 1.34. The first kappa shape index (κ1) is 8.31. The second-order valence-electron chi connectivity index (χ2n) is 2.06. The number of nitrogens with zero attached hydrogens (tertiary/aromatic N) is 2. The van der Waals surface area contributed by atoms with Gasteiger partial charge in [-0.05, 0) is 0 Å². The topological polar surface area (TPSA) is 79.0 Å². The van der Waals surface area contributed by atoms with Crippen LogP contribution in [0.25, 0.3) is 0 Å². The van der Waals surface area contributed by atoms with Gasteiger partial charge in [0.05, 0.1) is 7.11 Å². The zero-order valence-electron chi connectivity index (χ0n) is 6.53. The Balaban J connectivity index is 2.51. The van der Waals surface area contributed by atoms with Crippen molar-refractivity contribution in [3.05, 3.63) is 0 Å². The van der Waals surface area contributed by atoms with E-state index in [1.165, 1.54) is 7.05 Å². The molecule has 1 aliphatic heterocycles. The van der Waals surface area contributed by atoms with Gasteiger partial charge < -0.3 is 4.74 Å². The molecule has 66 valence electrons. The number of hydrogen-bond acceptors (Lipinski definition) is 4. The van der Waals surface area contributed by atoms with E-state index in [-0.39, 0.29) is 0 Å². The number of rotatable bonds is 1. The van der Waals surface area contributed by atoms with E-state index in [0.717, 1.165) is 12.0 Å². The van der Waals surface area contributed by atoms with Crippen molar-refractivity contribution in [3.63, 3.8) is 0 Å². The quantitative estimate of drug-likeness (QED) is 0.592. The highest BCUT2D eigenvalue weighted by Crippen LogP contribution is 2.09. The molecule has 1 saturated heterocycles. The van der Waals surface area contributed by atoms with E-state index in [2.05, 4.69) is 4.74 Å². The van der Waals surface area contributed by atoms with Crippen LogP contribution in [0.1, 0.15) is 0 Å². The number of imide groups is 2. The van der Waals surface area contributed by atoms with Crippen LogP contribution in [0.4, 0.5) is 14.4 Å². The predicted molar refractivity (Wildman–Crippen MR) is 35.9 cm³/mol. The average molecular weight is 173 g/mol. The lowest BCUT2D eigenvalue weighted by atomic mass is 10.5. The summed E-state index contributed by atoms with van der Waals surface area (Å²) < 4.78 is 4.17. The fraction of sp³-hybridized carbons (Fsp3) is 0.400. The number of carbonyl (C=O) groups excluding carboxylic acids is 3. The molecule has 0 unspecified atom stereocenters. The summed E-state index contributed by atoms with van der Waals surface area (Å²) in [5.41, 5.74) is 1.93. The van der Waals surface area contributed by atoms with Crippen LogP contribution in [-0.2, 0) is 4.74 Å². The summed E-state index contributed by atoms with van der Waals surface area (Å²) in [6.45, 7) is 0. The summed E-state index contributed by atoms with van der Waals surface area (Å²) in [5.74, 6) is 0. The number of ether oxygens (including phenoxy) is 1. The molecular formula is C5H7N3O4. The van der Waals surface area contributed by atoms with Crippen molar-refractivity contribution in [1.29, 1.82) is 0 Å². The number of nitrogens with one attached hydrogen (secondary N) is 1. The molecule has 0 aromatic rings. The van der Waals surface area contributed by atoms with E-state index in [0.29, 0.717) is 5.01 Å². The Morgan fingerprint density at radius 3 is 2.33 bits per heavy atom. The van der Waals surface area contributed by atoms with Crippen molar-refractivity contribution < 1.29 is 19.1 Å². The molecule has 0 aromatic heterocycles. The summed E-state index contributed by atoms with van der Waals surface area (Å²) in [7, 11) is 2.44. The van der Waals surface area contributed by atoms with Crippen molar-refractivity contribution in [2.75, 3.05) is 14.2 Å². The first-order chi connectivity index (χ1) is 5.57. The molecule has 0 aromatic carbocycles. The second kappa shape index (κ2) is 2.68. The molecule has 7 heteroatoms. The minimum absolute atomic E-state index is 0.561. The summed E-state index contributed by atoms with van der Waals surface area (Å²) in [6, 6.07) is -1.18. The molecule has 12 heavy (non-hydrogen) atoms. The Morgan fingerprint density at radius 2 is 1.92 bits per heavy atom. The smallest absolute Gasteiger partial charge is 0.426 e. The fourth-order valence-electron chi connectivity index (χ4n) is 0.651. The van der Waals surface area contributed by atoms with E-state index < -0.39 is 18.2 Å². The number of hydrazine groups is 1. The lowest BCUT2D eigenvalue weighted by Crippen LogP contribution is -2.67. The summed E-state index contributed by atoms with van der Waals surface area (Å²) in [6.07, 6.45) is -0.857. The number of methoxy groups -OCH3 is 1. The molecule has 1 heterocycles. The van der Waals surface area contributed by atoms with Gasteiger partial charge in [-0.3, -0.25) is 0 Å². The molecular weight excluding hydrogens is 166 g/mol. The van der Waals surface area contributed by atoms with E-state index in [1.54, 1.807) is 0 Å². The van der Waals surface area contributed by atoms with Crippen molar-refractivity contribution in [2.45, 2.75) is 0 Å². The number of amides is 5. The van der Waals surface area contributed by atoms with Gasteiger partial charge in [0, 0.05) is 7.05 Å². The molecule has 0 spiro atoms. The zero-order valence-corrected chi connectivity index (χ0v) is 6.53. The number of hydrogen-bond donors (Lipinski definition) is 1. The van der Waals surface area contributed by atoms with E-state index >= 15 is 0 Å². The zero-order chi connectivity index (χ0) is 9.30. The third kappa shape index (κ3) is 1.04. The van der Waals surface area contributed by atoms with Gasteiger partial charge in [-0.1, -0.05) is 0 Å². The van der Waals surface area contributed by atoms with E-state index in [1.807, 2.05) is 5.43 Å². The van der Waals surface area contributed by atoms with Gasteiger partial charge in [-0.15, -0.1) is 5.01 Å². The molecule has 0 atom stereocenters. The van der Waals surface area contributed by atoms with Crippen LogP contribution < -0.4 is 5.43 Å². The summed E-state index contributed by atoms with van der Waals surface area (Å²) in [4.78, 5) is 32.9. The first-order valence-corrected chi connectivity index (χ1v) is 3.04. The molecule has 1 N–H and O–H groups in total. The van der Waals surface area contributed by atoms with Crippen molar-refractivity contribution >= 4 is 18.2 Å². The average Bonchev–Trinajstić information content (AvgIpc) is 2.11. The van der Waals surface area contributed by atoms with E-state index in [4.69, 9.17) is 0 Å². The molecule has 0 aliphatic carbocycles. The Morgan fingerprint density at radius 1 is 1.42 bits per heavy atom. The predicted octanol–water partition coefficient (Wildman–Crippen LogP) is -0.255. The van der Waals surface area contributed by atoms with Crippen LogP contribution in [0, 0.1) is 0 Å². The third-order valence-electron chi connectivity index (χ3n) is 1.34. The highest BCUT2D eigenvalue weighted by molar-refractivity contribution is 6.11. The van der Waals surface area contributed by atoms with Crippen LogP contribution in [-0.4, -0.2) is 42.2 Å². The standard InChI is InChI=1S/C5H7N3O4/c1-7-4(10)8(5(7)11)6-3(9)12-2/h1-2H3,(H,6,9).